The number of benzene rings is 1. The molecule has 0 saturated carbocycles. The summed E-state index contributed by atoms with van der Waals surface area (Å²) in [6.07, 6.45) is 0. The van der Waals surface area contributed by atoms with Crippen molar-refractivity contribution in [3.05, 3.63) is 40.0 Å². The van der Waals surface area contributed by atoms with E-state index in [1.807, 2.05) is 20.8 Å². The van der Waals surface area contributed by atoms with Crippen molar-refractivity contribution < 1.29 is 27.3 Å². The molecule has 164 valence electrons. The Morgan fingerprint density at radius 3 is 2.43 bits per heavy atom. The molecule has 1 atom stereocenters. The topological polar surface area (TPSA) is 128 Å². The van der Waals surface area contributed by atoms with Crippen molar-refractivity contribution in [2.45, 2.75) is 44.0 Å². The Balaban J connectivity index is 1.90. The van der Waals surface area contributed by atoms with Gasteiger partial charge in [-0.1, -0.05) is 49.1 Å². The highest BCUT2D eigenvalue weighted by Gasteiger charge is 2.25. The predicted molar refractivity (Wildman–Crippen MR) is 111 cm³/mol. The van der Waals surface area contributed by atoms with Gasteiger partial charge in [-0.25, -0.2) is 8.42 Å². The lowest BCUT2D eigenvalue weighted by molar-refractivity contribution is -0.148. The molecule has 12 heteroatoms. The second-order valence-electron chi connectivity index (χ2n) is 7.40. The Kier molecular flexibility index (Phi) is 7.51. The van der Waals surface area contributed by atoms with Crippen LogP contribution in [0.4, 0.5) is 5.88 Å². The van der Waals surface area contributed by atoms with Gasteiger partial charge in [0.25, 0.3) is 5.91 Å². The Labute approximate surface area is 184 Å². The molecule has 1 amide bonds. The first kappa shape index (κ1) is 24.1. The first-order valence-electron chi connectivity index (χ1n) is 8.70. The van der Waals surface area contributed by atoms with Crippen LogP contribution in [-0.4, -0.2) is 38.1 Å². The van der Waals surface area contributed by atoms with Crippen LogP contribution in [0.3, 0.4) is 0 Å². The minimum atomic E-state index is -4.06. The van der Waals surface area contributed by atoms with Gasteiger partial charge in [0, 0.05) is 11.5 Å². The molecule has 0 saturated heterocycles. The highest BCUT2D eigenvalue weighted by Crippen LogP contribution is 2.25. The molecule has 2 aromatic rings. The van der Waals surface area contributed by atoms with E-state index in [4.69, 9.17) is 32.5 Å². The number of hydrogen-bond acceptors (Lipinski definition) is 7. The molecule has 0 fully saturated rings. The Morgan fingerprint density at radius 1 is 1.20 bits per heavy atom. The third-order valence-electron chi connectivity index (χ3n) is 3.77. The van der Waals surface area contributed by atoms with E-state index in [1.54, 1.807) is 6.07 Å². The zero-order valence-corrected chi connectivity index (χ0v) is 19.0. The van der Waals surface area contributed by atoms with Gasteiger partial charge in [-0.15, -0.1) is 0 Å². The molecule has 30 heavy (non-hydrogen) atoms. The Hall–Kier alpha value is -2.14. The van der Waals surface area contributed by atoms with Crippen LogP contribution in [0.5, 0.6) is 0 Å². The highest BCUT2D eigenvalue weighted by atomic mass is 35.5. The Morgan fingerprint density at radius 2 is 1.87 bits per heavy atom. The van der Waals surface area contributed by atoms with Crippen molar-refractivity contribution in [2.24, 2.45) is 0 Å². The van der Waals surface area contributed by atoms with Gasteiger partial charge < -0.3 is 9.26 Å². The zero-order chi connectivity index (χ0) is 22.7. The van der Waals surface area contributed by atoms with E-state index in [1.165, 1.54) is 19.1 Å². The monoisotopic (exact) mass is 477 g/mol. The van der Waals surface area contributed by atoms with Gasteiger partial charge in [-0.05, 0) is 25.1 Å². The van der Waals surface area contributed by atoms with Crippen LogP contribution in [0.2, 0.25) is 10.0 Å². The van der Waals surface area contributed by atoms with Crippen LogP contribution >= 0.6 is 23.2 Å². The summed E-state index contributed by atoms with van der Waals surface area (Å²) < 4.78 is 36.7. The average Bonchev–Trinajstić information content (AvgIpc) is 3.10. The van der Waals surface area contributed by atoms with E-state index in [9.17, 15) is 18.0 Å². The summed E-state index contributed by atoms with van der Waals surface area (Å²) in [7, 11) is -4.06. The summed E-state index contributed by atoms with van der Waals surface area (Å²) in [5, 5.41) is 6.50. The summed E-state index contributed by atoms with van der Waals surface area (Å²) >= 11 is 11.6. The standard InChI is InChI=1S/C18H21Cl2N3O6S/c1-10(23-30(26,27)11-5-6-12(19)13(20)7-11)17(25)28-9-15(24)21-16-8-14(22-29-16)18(2,3)4/h5-8,10,23H,9H2,1-4H3,(H,21,24)/t10-/m0/s1. The number of hydrogen-bond donors (Lipinski definition) is 2. The molecule has 0 unspecified atom stereocenters. The number of halogens is 2. The summed E-state index contributed by atoms with van der Waals surface area (Å²) in [5.74, 6) is -1.50. The zero-order valence-electron chi connectivity index (χ0n) is 16.7. The molecule has 2 N–H and O–H groups in total. The minimum Gasteiger partial charge on any atom is -0.454 e. The van der Waals surface area contributed by atoms with Crippen molar-refractivity contribution in [3.8, 4) is 0 Å². The third-order valence-corrected chi connectivity index (χ3v) is 6.05. The number of amides is 1. The maximum Gasteiger partial charge on any atom is 0.324 e. The SMILES string of the molecule is C[C@H](NS(=O)(=O)c1ccc(Cl)c(Cl)c1)C(=O)OCC(=O)Nc1cc(C(C)(C)C)no1. The van der Waals surface area contributed by atoms with Crippen molar-refractivity contribution in [1.29, 1.82) is 0 Å². The summed E-state index contributed by atoms with van der Waals surface area (Å²) in [5.41, 5.74) is 0.375. The molecule has 1 heterocycles. The quantitative estimate of drug-likeness (QED) is 0.586. The van der Waals surface area contributed by atoms with Gasteiger partial charge in [-0.3, -0.25) is 14.9 Å². The molecule has 0 aliphatic carbocycles. The van der Waals surface area contributed by atoms with Crippen LogP contribution in [0.15, 0.2) is 33.7 Å². The summed E-state index contributed by atoms with van der Waals surface area (Å²) in [4.78, 5) is 23.8. The van der Waals surface area contributed by atoms with E-state index < -0.39 is 34.5 Å². The maximum atomic E-state index is 12.4. The van der Waals surface area contributed by atoms with Gasteiger partial charge in [0.2, 0.25) is 15.9 Å². The number of nitrogens with one attached hydrogen (secondary N) is 2. The molecule has 0 aliphatic rings. The van der Waals surface area contributed by atoms with Crippen LogP contribution in [0.25, 0.3) is 0 Å². The van der Waals surface area contributed by atoms with Gasteiger partial charge in [0.05, 0.1) is 20.6 Å². The largest absolute Gasteiger partial charge is 0.454 e. The lowest BCUT2D eigenvalue weighted by Gasteiger charge is -2.14. The van der Waals surface area contributed by atoms with Crippen LogP contribution in [0.1, 0.15) is 33.4 Å². The number of esters is 1. The molecule has 0 spiro atoms. The molecule has 0 radical (unpaired) electrons. The molecule has 9 nitrogen and oxygen atoms in total. The fourth-order valence-corrected chi connectivity index (χ4v) is 3.70. The lowest BCUT2D eigenvalue weighted by Crippen LogP contribution is -2.40. The highest BCUT2D eigenvalue weighted by molar-refractivity contribution is 7.89. The van der Waals surface area contributed by atoms with E-state index in [2.05, 4.69) is 15.2 Å². The normalized spacial score (nSPS) is 13.0. The number of sulfonamides is 1. The van der Waals surface area contributed by atoms with Crippen molar-refractivity contribution >= 4 is 51.0 Å². The van der Waals surface area contributed by atoms with Gasteiger partial charge in [0.1, 0.15) is 6.04 Å². The third kappa shape index (κ3) is 6.43. The smallest absolute Gasteiger partial charge is 0.324 e. The summed E-state index contributed by atoms with van der Waals surface area (Å²) in [6.45, 7) is 6.43. The lowest BCUT2D eigenvalue weighted by atomic mass is 9.92. The number of carbonyl (C=O) groups is 2. The number of nitrogens with zero attached hydrogens (tertiary/aromatic N) is 1. The molecular formula is C18H21Cl2N3O6S. The predicted octanol–water partition coefficient (Wildman–Crippen LogP) is 3.13. The number of rotatable bonds is 7. The first-order valence-corrected chi connectivity index (χ1v) is 10.9. The van der Waals surface area contributed by atoms with Crippen molar-refractivity contribution in [2.75, 3.05) is 11.9 Å². The van der Waals surface area contributed by atoms with Gasteiger partial charge in [-0.2, -0.15) is 4.72 Å². The maximum absolute atomic E-state index is 12.4. The average molecular weight is 478 g/mol. The van der Waals surface area contributed by atoms with Crippen molar-refractivity contribution in [3.63, 3.8) is 0 Å². The fraction of sp³-hybridized carbons (Fsp3) is 0.389. The Bertz CT molecular complexity index is 1050. The second-order valence-corrected chi connectivity index (χ2v) is 9.93. The molecule has 1 aromatic heterocycles. The number of carbonyl (C=O) groups excluding carboxylic acids is 2. The molecule has 1 aromatic carbocycles. The molecule has 2 rings (SSSR count). The molecule has 0 aliphatic heterocycles. The molecule has 0 bridgehead atoms. The summed E-state index contributed by atoms with van der Waals surface area (Å²) in [6, 6.07) is 4.02. The number of ether oxygens (including phenoxy) is 1. The van der Waals surface area contributed by atoms with Gasteiger partial charge in [0.15, 0.2) is 6.61 Å². The van der Waals surface area contributed by atoms with Crippen molar-refractivity contribution in [1.82, 2.24) is 9.88 Å². The minimum absolute atomic E-state index is 0.0495. The fourth-order valence-electron chi connectivity index (χ4n) is 2.12. The van der Waals surface area contributed by atoms with Crippen LogP contribution < -0.4 is 10.0 Å². The van der Waals surface area contributed by atoms with Crippen LogP contribution in [-0.2, 0) is 29.8 Å². The van der Waals surface area contributed by atoms with Gasteiger partial charge >= 0.3 is 5.97 Å². The number of aromatic nitrogens is 1. The van der Waals surface area contributed by atoms with E-state index >= 15 is 0 Å². The number of anilines is 1. The second kappa shape index (κ2) is 9.34. The molecular weight excluding hydrogens is 457 g/mol. The van der Waals surface area contributed by atoms with Crippen LogP contribution in [0, 0.1) is 0 Å². The first-order chi connectivity index (χ1) is 13.8. The van der Waals surface area contributed by atoms with E-state index in [0.29, 0.717) is 5.69 Å². The van der Waals surface area contributed by atoms with E-state index in [-0.39, 0.29) is 26.2 Å². The van der Waals surface area contributed by atoms with E-state index in [0.717, 1.165) is 6.07 Å².